The number of nitrogens with one attached hydrogen (secondary N) is 1. The van der Waals surface area contributed by atoms with Crippen LogP contribution in [0.2, 0.25) is 0 Å². The first kappa shape index (κ1) is 16.9. The van der Waals surface area contributed by atoms with Crippen LogP contribution in [-0.2, 0) is 11.3 Å². The van der Waals surface area contributed by atoms with E-state index in [1.807, 2.05) is 19.2 Å². The van der Waals surface area contributed by atoms with Crippen molar-refractivity contribution in [2.24, 2.45) is 0 Å². The Labute approximate surface area is 122 Å². The van der Waals surface area contributed by atoms with Crippen LogP contribution in [0.5, 0.6) is 5.75 Å². The molecule has 0 fully saturated rings. The molecule has 0 unspecified atom stereocenters. The van der Waals surface area contributed by atoms with Crippen molar-refractivity contribution in [2.45, 2.75) is 59.2 Å². The smallest absolute Gasteiger partial charge is 0.127 e. The van der Waals surface area contributed by atoms with Crippen molar-refractivity contribution in [2.75, 3.05) is 13.7 Å². The molecule has 0 amide bonds. The minimum absolute atomic E-state index is 0.154. The van der Waals surface area contributed by atoms with Gasteiger partial charge in [-0.25, -0.2) is 0 Å². The molecule has 1 heterocycles. The summed E-state index contributed by atoms with van der Waals surface area (Å²) in [5.41, 5.74) is 1.91. The average molecular weight is 280 g/mol. The van der Waals surface area contributed by atoms with Gasteiger partial charge in [0.05, 0.1) is 12.2 Å². The predicted octanol–water partition coefficient (Wildman–Crippen LogP) is 3.08. The summed E-state index contributed by atoms with van der Waals surface area (Å²) in [6, 6.07) is 2.44. The molecule has 0 aliphatic heterocycles. The third-order valence-electron chi connectivity index (χ3n) is 3.30. The Hall–Kier alpha value is -1.13. The molecule has 1 rings (SSSR count). The van der Waals surface area contributed by atoms with Gasteiger partial charge in [0.25, 0.3) is 0 Å². The number of ether oxygens (including phenoxy) is 2. The Kier molecular flexibility index (Phi) is 6.43. The van der Waals surface area contributed by atoms with Gasteiger partial charge in [0.15, 0.2) is 0 Å². The van der Waals surface area contributed by atoms with E-state index in [1.54, 1.807) is 7.11 Å². The Morgan fingerprint density at radius 3 is 2.65 bits per heavy atom. The lowest BCUT2D eigenvalue weighted by molar-refractivity contribution is 0.00536. The van der Waals surface area contributed by atoms with Gasteiger partial charge in [0.1, 0.15) is 5.75 Å². The Balaban J connectivity index is 2.65. The van der Waals surface area contributed by atoms with Crippen LogP contribution >= 0.6 is 0 Å². The predicted molar refractivity (Wildman–Crippen MR) is 82.1 cm³/mol. The molecule has 0 radical (unpaired) electrons. The van der Waals surface area contributed by atoms with Crippen molar-refractivity contribution >= 4 is 0 Å². The normalized spacial score (nSPS) is 11.9. The molecule has 0 bridgehead atoms. The third kappa shape index (κ3) is 5.88. The van der Waals surface area contributed by atoms with Crippen molar-refractivity contribution in [1.82, 2.24) is 10.3 Å². The fourth-order valence-electron chi connectivity index (χ4n) is 1.65. The Morgan fingerprint density at radius 2 is 2.05 bits per heavy atom. The largest absolute Gasteiger partial charge is 0.493 e. The third-order valence-corrected chi connectivity index (χ3v) is 3.30. The average Bonchev–Trinajstić information content (AvgIpc) is 2.37. The first-order valence-electron chi connectivity index (χ1n) is 7.21. The van der Waals surface area contributed by atoms with Crippen LogP contribution in [-0.4, -0.2) is 30.3 Å². The SMILES string of the molecule is COC(C)(C)CCOc1cc(C)ncc1CNC(C)C. The van der Waals surface area contributed by atoms with Crippen molar-refractivity contribution in [3.05, 3.63) is 23.5 Å². The highest BCUT2D eigenvalue weighted by atomic mass is 16.5. The second-order valence-electron chi connectivity index (χ2n) is 6.03. The van der Waals surface area contributed by atoms with Gasteiger partial charge in [0.2, 0.25) is 0 Å². The number of hydrogen-bond acceptors (Lipinski definition) is 4. The number of hydrogen-bond donors (Lipinski definition) is 1. The minimum Gasteiger partial charge on any atom is -0.493 e. The summed E-state index contributed by atoms with van der Waals surface area (Å²) in [5.74, 6) is 0.914. The molecule has 20 heavy (non-hydrogen) atoms. The van der Waals surface area contributed by atoms with E-state index in [2.05, 4.69) is 38.0 Å². The van der Waals surface area contributed by atoms with Crippen LogP contribution in [0.1, 0.15) is 45.4 Å². The standard InChI is InChI=1S/C16H28N2O2/c1-12(2)17-10-14-11-18-13(3)9-15(14)20-8-7-16(4,5)19-6/h9,11-12,17H,7-8,10H2,1-6H3. The van der Waals surface area contributed by atoms with Crippen LogP contribution < -0.4 is 10.1 Å². The second-order valence-corrected chi connectivity index (χ2v) is 6.03. The van der Waals surface area contributed by atoms with Crippen LogP contribution in [0.15, 0.2) is 12.3 Å². The van der Waals surface area contributed by atoms with Crippen molar-refractivity contribution in [3.63, 3.8) is 0 Å². The van der Waals surface area contributed by atoms with Gasteiger partial charge in [-0.3, -0.25) is 4.98 Å². The number of aromatic nitrogens is 1. The molecule has 1 N–H and O–H groups in total. The van der Waals surface area contributed by atoms with Crippen LogP contribution in [0, 0.1) is 6.92 Å². The molecule has 0 saturated carbocycles. The van der Waals surface area contributed by atoms with E-state index >= 15 is 0 Å². The molecular formula is C16H28N2O2. The van der Waals surface area contributed by atoms with E-state index in [4.69, 9.17) is 9.47 Å². The first-order valence-corrected chi connectivity index (χ1v) is 7.21. The van der Waals surface area contributed by atoms with Crippen molar-refractivity contribution in [1.29, 1.82) is 0 Å². The molecule has 0 aliphatic carbocycles. The van der Waals surface area contributed by atoms with E-state index in [1.165, 1.54) is 0 Å². The van der Waals surface area contributed by atoms with Crippen molar-refractivity contribution in [3.8, 4) is 5.75 Å². The van der Waals surface area contributed by atoms with Gasteiger partial charge in [-0.15, -0.1) is 0 Å². The minimum atomic E-state index is -0.154. The monoisotopic (exact) mass is 280 g/mol. The lowest BCUT2D eigenvalue weighted by Crippen LogP contribution is -2.25. The highest BCUT2D eigenvalue weighted by Gasteiger charge is 2.16. The molecular weight excluding hydrogens is 252 g/mol. The van der Waals surface area contributed by atoms with Gasteiger partial charge in [-0.2, -0.15) is 0 Å². The van der Waals surface area contributed by atoms with Crippen LogP contribution in [0.25, 0.3) is 0 Å². The van der Waals surface area contributed by atoms with E-state index < -0.39 is 0 Å². The number of aryl methyl sites for hydroxylation is 1. The zero-order valence-electron chi connectivity index (χ0n) is 13.6. The molecule has 0 aliphatic rings. The van der Waals surface area contributed by atoms with Crippen LogP contribution in [0.3, 0.4) is 0 Å². The number of nitrogens with zero attached hydrogens (tertiary/aromatic N) is 1. The second kappa shape index (κ2) is 7.60. The summed E-state index contributed by atoms with van der Waals surface area (Å²) in [6.45, 7) is 11.8. The highest BCUT2D eigenvalue weighted by molar-refractivity contribution is 5.32. The summed E-state index contributed by atoms with van der Waals surface area (Å²) in [6.07, 6.45) is 2.74. The molecule has 0 aromatic carbocycles. The molecule has 1 aromatic rings. The van der Waals surface area contributed by atoms with Crippen LogP contribution in [0.4, 0.5) is 0 Å². The van der Waals surface area contributed by atoms with E-state index in [0.717, 1.165) is 30.0 Å². The van der Waals surface area contributed by atoms with E-state index in [9.17, 15) is 0 Å². The maximum absolute atomic E-state index is 5.93. The van der Waals surface area contributed by atoms with Gasteiger partial charge in [0, 0.05) is 49.6 Å². The zero-order valence-corrected chi connectivity index (χ0v) is 13.6. The zero-order chi connectivity index (χ0) is 15.2. The van der Waals surface area contributed by atoms with Crippen molar-refractivity contribution < 1.29 is 9.47 Å². The molecule has 114 valence electrons. The van der Waals surface area contributed by atoms with E-state index in [-0.39, 0.29) is 5.60 Å². The Morgan fingerprint density at radius 1 is 1.35 bits per heavy atom. The quantitative estimate of drug-likeness (QED) is 0.794. The molecule has 4 nitrogen and oxygen atoms in total. The maximum Gasteiger partial charge on any atom is 0.127 e. The summed E-state index contributed by atoms with van der Waals surface area (Å²) < 4.78 is 11.3. The summed E-state index contributed by atoms with van der Waals surface area (Å²) in [5, 5.41) is 3.39. The fourth-order valence-corrected chi connectivity index (χ4v) is 1.65. The molecule has 0 saturated heterocycles. The first-order chi connectivity index (χ1) is 9.34. The van der Waals surface area contributed by atoms with Gasteiger partial charge >= 0.3 is 0 Å². The highest BCUT2D eigenvalue weighted by Crippen LogP contribution is 2.20. The summed E-state index contributed by atoms with van der Waals surface area (Å²) in [4.78, 5) is 4.35. The number of methoxy groups -OCH3 is 1. The van der Waals surface area contributed by atoms with E-state index in [0.29, 0.717) is 12.6 Å². The number of rotatable bonds is 8. The summed E-state index contributed by atoms with van der Waals surface area (Å²) >= 11 is 0. The summed E-state index contributed by atoms with van der Waals surface area (Å²) in [7, 11) is 1.73. The van der Waals surface area contributed by atoms with Gasteiger partial charge in [-0.05, 0) is 20.8 Å². The lowest BCUT2D eigenvalue weighted by atomic mass is 10.1. The lowest BCUT2D eigenvalue weighted by Gasteiger charge is -2.23. The van der Waals surface area contributed by atoms with Gasteiger partial charge in [-0.1, -0.05) is 13.8 Å². The molecule has 0 spiro atoms. The molecule has 0 atom stereocenters. The fraction of sp³-hybridized carbons (Fsp3) is 0.688. The Bertz CT molecular complexity index is 417. The molecule has 4 heteroatoms. The maximum atomic E-state index is 5.93. The number of pyridine rings is 1. The topological polar surface area (TPSA) is 43.4 Å². The van der Waals surface area contributed by atoms with Gasteiger partial charge < -0.3 is 14.8 Å². The molecule has 1 aromatic heterocycles.